The molecule has 7 heteroatoms. The summed E-state index contributed by atoms with van der Waals surface area (Å²) in [5, 5.41) is 18.3. The fourth-order valence-electron chi connectivity index (χ4n) is 2.23. The Labute approximate surface area is 128 Å². The minimum Gasteiger partial charge on any atom is -0.508 e. The Hall–Kier alpha value is -3.09. The number of halogens is 2. The van der Waals surface area contributed by atoms with Crippen molar-refractivity contribution >= 4 is 17.0 Å². The smallest absolute Gasteiger partial charge is 0.335 e. The van der Waals surface area contributed by atoms with E-state index in [0.717, 1.165) is 6.07 Å². The van der Waals surface area contributed by atoms with Crippen molar-refractivity contribution in [2.75, 3.05) is 0 Å². The van der Waals surface area contributed by atoms with Gasteiger partial charge >= 0.3 is 5.97 Å². The number of hydrogen-bond acceptors (Lipinski definition) is 4. The predicted octanol–water partition coefficient (Wildman–Crippen LogP) is 3.31. The molecule has 3 rings (SSSR count). The van der Waals surface area contributed by atoms with Crippen molar-refractivity contribution in [1.29, 1.82) is 0 Å². The van der Waals surface area contributed by atoms with Gasteiger partial charge in [0.05, 0.1) is 28.0 Å². The lowest BCUT2D eigenvalue weighted by molar-refractivity contribution is 0.0696. The fourth-order valence-corrected chi connectivity index (χ4v) is 2.23. The SMILES string of the molecule is O=C(O)c1ccc(-c2nc3ccc(O)cc3nc2CF)c(F)c1. The van der Waals surface area contributed by atoms with Crippen LogP contribution in [0.15, 0.2) is 36.4 Å². The van der Waals surface area contributed by atoms with Crippen molar-refractivity contribution in [1.82, 2.24) is 9.97 Å². The molecule has 0 bridgehead atoms. The largest absolute Gasteiger partial charge is 0.508 e. The van der Waals surface area contributed by atoms with Crippen molar-refractivity contribution in [2.45, 2.75) is 6.67 Å². The molecule has 1 heterocycles. The molecule has 0 atom stereocenters. The van der Waals surface area contributed by atoms with Crippen molar-refractivity contribution in [2.24, 2.45) is 0 Å². The molecule has 2 aromatic carbocycles. The third-order valence-corrected chi connectivity index (χ3v) is 3.32. The standard InChI is InChI=1S/C16H10F2N2O3/c17-7-14-15(10-3-1-8(16(22)23)5-11(10)18)20-12-4-2-9(21)6-13(12)19-14/h1-6,21H,7H2,(H,22,23). The Balaban J connectivity index is 2.22. The number of hydrogen-bond donors (Lipinski definition) is 2. The van der Waals surface area contributed by atoms with Crippen molar-refractivity contribution in [3.63, 3.8) is 0 Å². The molecule has 0 aliphatic rings. The molecule has 5 nitrogen and oxygen atoms in total. The zero-order valence-electron chi connectivity index (χ0n) is 11.6. The van der Waals surface area contributed by atoms with Gasteiger partial charge in [-0.25, -0.2) is 23.5 Å². The van der Waals surface area contributed by atoms with Gasteiger partial charge in [0.15, 0.2) is 0 Å². The molecule has 0 spiro atoms. The van der Waals surface area contributed by atoms with E-state index in [1.807, 2.05) is 0 Å². The summed E-state index contributed by atoms with van der Waals surface area (Å²) >= 11 is 0. The second-order valence-electron chi connectivity index (χ2n) is 4.83. The lowest BCUT2D eigenvalue weighted by Gasteiger charge is -2.09. The number of carboxylic acid groups (broad SMARTS) is 1. The van der Waals surface area contributed by atoms with Crippen molar-refractivity contribution < 1.29 is 23.8 Å². The van der Waals surface area contributed by atoms with E-state index in [-0.39, 0.29) is 33.8 Å². The number of aromatic carboxylic acids is 1. The maximum Gasteiger partial charge on any atom is 0.335 e. The molecule has 116 valence electrons. The van der Waals surface area contributed by atoms with E-state index < -0.39 is 18.5 Å². The summed E-state index contributed by atoms with van der Waals surface area (Å²) in [7, 11) is 0. The van der Waals surface area contributed by atoms with Crippen LogP contribution in [0.3, 0.4) is 0 Å². The average Bonchev–Trinajstić information content (AvgIpc) is 2.53. The van der Waals surface area contributed by atoms with Crippen molar-refractivity contribution in [3.05, 3.63) is 53.5 Å². The lowest BCUT2D eigenvalue weighted by Crippen LogP contribution is -2.01. The van der Waals surface area contributed by atoms with Gasteiger partial charge in [-0.1, -0.05) is 0 Å². The first kappa shape index (κ1) is 14.8. The third kappa shape index (κ3) is 2.68. The summed E-state index contributed by atoms with van der Waals surface area (Å²) in [5.74, 6) is -2.13. The van der Waals surface area contributed by atoms with Crippen LogP contribution in [0.5, 0.6) is 5.75 Å². The molecule has 0 unspecified atom stereocenters. The van der Waals surface area contributed by atoms with Gasteiger partial charge in [-0.3, -0.25) is 0 Å². The summed E-state index contributed by atoms with van der Waals surface area (Å²) in [5.41, 5.74) is 0.294. The minimum atomic E-state index is -1.26. The maximum atomic E-state index is 14.2. The van der Waals surface area contributed by atoms with Gasteiger partial charge in [0.25, 0.3) is 0 Å². The molecule has 3 aromatic rings. The number of alkyl halides is 1. The maximum absolute atomic E-state index is 14.2. The van der Waals surface area contributed by atoms with Crippen molar-refractivity contribution in [3.8, 4) is 17.0 Å². The van der Waals surface area contributed by atoms with Crippen LogP contribution in [0.4, 0.5) is 8.78 Å². The molecule has 1 aromatic heterocycles. The van der Waals surface area contributed by atoms with Gasteiger partial charge in [0, 0.05) is 11.6 Å². The Morgan fingerprint density at radius 2 is 1.87 bits per heavy atom. The Kier molecular flexibility index (Phi) is 3.61. The topological polar surface area (TPSA) is 83.3 Å². The van der Waals surface area contributed by atoms with E-state index in [1.165, 1.54) is 30.3 Å². The molecule has 0 fully saturated rings. The number of nitrogens with zero attached hydrogens (tertiary/aromatic N) is 2. The highest BCUT2D eigenvalue weighted by atomic mass is 19.1. The van der Waals surface area contributed by atoms with E-state index in [9.17, 15) is 18.7 Å². The minimum absolute atomic E-state index is 0.000119. The average molecular weight is 316 g/mol. The van der Waals surface area contributed by atoms with Gasteiger partial charge in [-0.2, -0.15) is 0 Å². The summed E-state index contributed by atoms with van der Waals surface area (Å²) in [6, 6.07) is 7.49. The second-order valence-corrected chi connectivity index (χ2v) is 4.83. The van der Waals surface area contributed by atoms with Crippen LogP contribution >= 0.6 is 0 Å². The summed E-state index contributed by atoms with van der Waals surface area (Å²) in [6.07, 6.45) is 0. The number of phenols is 1. The summed E-state index contributed by atoms with van der Waals surface area (Å²) < 4.78 is 27.4. The highest BCUT2D eigenvalue weighted by Crippen LogP contribution is 2.28. The van der Waals surface area contributed by atoms with Gasteiger partial charge < -0.3 is 10.2 Å². The Bertz CT molecular complexity index is 929. The molecule has 0 saturated heterocycles. The zero-order chi connectivity index (χ0) is 16.6. The van der Waals surface area contributed by atoms with Gasteiger partial charge in [0.2, 0.25) is 0 Å². The molecule has 0 aliphatic heterocycles. The monoisotopic (exact) mass is 316 g/mol. The van der Waals surface area contributed by atoms with Crippen LogP contribution in [-0.4, -0.2) is 26.2 Å². The molecular formula is C16H10F2N2O3. The second kappa shape index (κ2) is 5.60. The number of rotatable bonds is 3. The number of aromatic hydroxyl groups is 1. The predicted molar refractivity (Wildman–Crippen MR) is 78.4 cm³/mol. The summed E-state index contributed by atoms with van der Waals surface area (Å²) in [4.78, 5) is 19.1. The lowest BCUT2D eigenvalue weighted by atomic mass is 10.1. The van der Waals surface area contributed by atoms with Crippen LogP contribution in [-0.2, 0) is 6.67 Å². The normalized spacial score (nSPS) is 10.9. The summed E-state index contributed by atoms with van der Waals surface area (Å²) in [6.45, 7) is -0.978. The number of aromatic nitrogens is 2. The van der Waals surface area contributed by atoms with Crippen LogP contribution in [0.2, 0.25) is 0 Å². The van der Waals surface area contributed by atoms with Crippen LogP contribution < -0.4 is 0 Å². The van der Waals surface area contributed by atoms with E-state index in [1.54, 1.807) is 0 Å². The molecular weight excluding hydrogens is 306 g/mol. The molecule has 2 N–H and O–H groups in total. The first-order chi connectivity index (χ1) is 11.0. The van der Waals surface area contributed by atoms with E-state index in [4.69, 9.17) is 5.11 Å². The molecule has 0 amide bonds. The Morgan fingerprint density at radius 1 is 1.09 bits per heavy atom. The van der Waals surface area contributed by atoms with Gasteiger partial charge in [-0.05, 0) is 30.3 Å². The van der Waals surface area contributed by atoms with Gasteiger partial charge in [0.1, 0.15) is 18.2 Å². The van der Waals surface area contributed by atoms with E-state index in [0.29, 0.717) is 5.52 Å². The number of fused-ring (bicyclic) bond motifs is 1. The first-order valence-corrected chi connectivity index (χ1v) is 6.58. The quantitative estimate of drug-likeness (QED) is 0.774. The number of carbonyl (C=O) groups is 1. The van der Waals surface area contributed by atoms with Gasteiger partial charge in [-0.15, -0.1) is 0 Å². The first-order valence-electron chi connectivity index (χ1n) is 6.58. The van der Waals surface area contributed by atoms with E-state index in [2.05, 4.69) is 9.97 Å². The van der Waals surface area contributed by atoms with Crippen LogP contribution in [0.1, 0.15) is 16.1 Å². The molecule has 0 saturated carbocycles. The zero-order valence-corrected chi connectivity index (χ0v) is 11.6. The highest BCUT2D eigenvalue weighted by Gasteiger charge is 2.16. The fraction of sp³-hybridized carbons (Fsp3) is 0.0625. The Morgan fingerprint density at radius 3 is 2.52 bits per heavy atom. The number of benzene rings is 2. The highest BCUT2D eigenvalue weighted by molar-refractivity contribution is 5.88. The number of carboxylic acids is 1. The molecule has 0 aliphatic carbocycles. The molecule has 23 heavy (non-hydrogen) atoms. The van der Waals surface area contributed by atoms with Crippen LogP contribution in [0.25, 0.3) is 22.3 Å². The van der Waals surface area contributed by atoms with E-state index >= 15 is 0 Å². The number of phenolic OH excluding ortho intramolecular Hbond substituents is 1. The van der Waals surface area contributed by atoms with Crippen LogP contribution in [0, 0.1) is 5.82 Å². The third-order valence-electron chi connectivity index (χ3n) is 3.32. The molecule has 0 radical (unpaired) electrons.